The summed E-state index contributed by atoms with van der Waals surface area (Å²) < 4.78 is 1.64. The van der Waals surface area contributed by atoms with Crippen LogP contribution >= 0.6 is 34.4 Å². The van der Waals surface area contributed by atoms with Gasteiger partial charge in [0.2, 0.25) is 0 Å². The van der Waals surface area contributed by atoms with Gasteiger partial charge in [-0.25, -0.2) is 0 Å². The fraction of sp³-hybridized carbons (Fsp3) is 0.333. The van der Waals surface area contributed by atoms with E-state index >= 15 is 0 Å². The van der Waals surface area contributed by atoms with Gasteiger partial charge < -0.3 is 0 Å². The molecule has 0 aromatic carbocycles. The molecule has 0 saturated carbocycles. The summed E-state index contributed by atoms with van der Waals surface area (Å²) in [7, 11) is 0. The molecule has 0 unspecified atom stereocenters. The number of likely N-dealkylation sites (N-methyl/N-ethyl adjacent to an activating group) is 1. The summed E-state index contributed by atoms with van der Waals surface area (Å²) in [6.45, 7) is 2.24. The summed E-state index contributed by atoms with van der Waals surface area (Å²) in [5, 5.41) is -0.166. The number of carbonyl (C=O) groups excluding carboxylic acids is 2. The lowest BCUT2D eigenvalue weighted by Crippen LogP contribution is -2.27. The molecule has 3 nitrogen and oxygen atoms in total. The van der Waals surface area contributed by atoms with Gasteiger partial charge in [0.25, 0.3) is 11.1 Å². The van der Waals surface area contributed by atoms with Crippen LogP contribution in [0.1, 0.15) is 6.92 Å². The van der Waals surface area contributed by atoms with Crippen molar-refractivity contribution in [2.45, 2.75) is 6.92 Å². The molecule has 0 aliphatic carbocycles. The summed E-state index contributed by atoms with van der Waals surface area (Å²) in [6.07, 6.45) is 0. The molecule has 0 N–H and O–H groups in total. The first-order chi connectivity index (χ1) is 5.20. The summed E-state index contributed by atoms with van der Waals surface area (Å²) in [4.78, 5) is 24.0. The van der Waals surface area contributed by atoms with Crippen molar-refractivity contribution in [1.29, 1.82) is 0 Å². The van der Waals surface area contributed by atoms with Gasteiger partial charge in [-0.3, -0.25) is 14.5 Å². The number of halogens is 1. The van der Waals surface area contributed by atoms with E-state index in [1.54, 1.807) is 11.0 Å². The lowest BCUT2D eigenvalue weighted by Gasteiger charge is -2.06. The van der Waals surface area contributed by atoms with Crippen LogP contribution in [0.15, 0.2) is 8.99 Å². The summed E-state index contributed by atoms with van der Waals surface area (Å²) in [6, 6.07) is 0. The standard InChI is InChI=1S/C6H6INO2S/c1-2-8-5(9)4(3-7)11-6(8)10/h3H,2H2,1H3/b4-3-. The highest BCUT2D eigenvalue weighted by Gasteiger charge is 2.33. The zero-order valence-electron chi connectivity index (χ0n) is 5.83. The number of hydrogen-bond donors (Lipinski definition) is 0. The molecule has 1 rings (SSSR count). The van der Waals surface area contributed by atoms with Gasteiger partial charge in [-0.2, -0.15) is 0 Å². The van der Waals surface area contributed by atoms with E-state index in [1.807, 2.05) is 22.6 Å². The Balaban J connectivity index is 2.88. The zero-order chi connectivity index (χ0) is 8.43. The van der Waals surface area contributed by atoms with E-state index in [0.717, 1.165) is 11.8 Å². The molecular weight excluding hydrogens is 277 g/mol. The van der Waals surface area contributed by atoms with E-state index in [0.29, 0.717) is 11.4 Å². The fourth-order valence-electron chi connectivity index (χ4n) is 0.750. The van der Waals surface area contributed by atoms with Crippen LogP contribution in [0.5, 0.6) is 0 Å². The van der Waals surface area contributed by atoms with Gasteiger partial charge in [-0.1, -0.05) is 22.6 Å². The predicted octanol–water partition coefficient (Wildman–Crippen LogP) is 1.98. The first kappa shape index (κ1) is 9.05. The molecule has 0 radical (unpaired) electrons. The van der Waals surface area contributed by atoms with Crippen LogP contribution in [0.2, 0.25) is 0 Å². The van der Waals surface area contributed by atoms with E-state index in [1.165, 1.54) is 4.90 Å². The quantitative estimate of drug-likeness (QED) is 0.545. The second kappa shape index (κ2) is 3.57. The highest BCUT2D eigenvalue weighted by molar-refractivity contribution is 14.1. The van der Waals surface area contributed by atoms with E-state index in [-0.39, 0.29) is 11.1 Å². The Labute approximate surface area is 82.3 Å². The number of imide groups is 1. The smallest absolute Gasteiger partial charge is 0.269 e. The normalized spacial score (nSPS) is 22.0. The van der Waals surface area contributed by atoms with Gasteiger partial charge in [0.1, 0.15) is 0 Å². The van der Waals surface area contributed by atoms with Crippen LogP contribution in [0, 0.1) is 0 Å². The van der Waals surface area contributed by atoms with Crippen LogP contribution in [-0.2, 0) is 4.79 Å². The third-order valence-electron chi connectivity index (χ3n) is 1.29. The van der Waals surface area contributed by atoms with Crippen molar-refractivity contribution in [3.8, 4) is 0 Å². The number of rotatable bonds is 1. The average molecular weight is 283 g/mol. The molecule has 1 aliphatic heterocycles. The van der Waals surface area contributed by atoms with Crippen molar-refractivity contribution >= 4 is 45.5 Å². The monoisotopic (exact) mass is 283 g/mol. The van der Waals surface area contributed by atoms with Crippen molar-refractivity contribution < 1.29 is 9.59 Å². The Kier molecular flexibility index (Phi) is 2.94. The molecule has 2 amide bonds. The molecule has 0 spiro atoms. The topological polar surface area (TPSA) is 37.4 Å². The number of hydrogen-bond acceptors (Lipinski definition) is 3. The van der Waals surface area contributed by atoms with Crippen molar-refractivity contribution in [2.24, 2.45) is 0 Å². The van der Waals surface area contributed by atoms with Gasteiger partial charge >= 0.3 is 0 Å². The zero-order valence-corrected chi connectivity index (χ0v) is 8.81. The van der Waals surface area contributed by atoms with Crippen molar-refractivity contribution in [1.82, 2.24) is 4.90 Å². The molecule has 11 heavy (non-hydrogen) atoms. The Morgan fingerprint density at radius 3 is 2.55 bits per heavy atom. The maximum absolute atomic E-state index is 11.2. The second-order valence-corrected chi connectivity index (χ2v) is 3.51. The van der Waals surface area contributed by atoms with Crippen molar-refractivity contribution in [3.05, 3.63) is 8.99 Å². The lowest BCUT2D eigenvalue weighted by atomic mass is 10.5. The van der Waals surface area contributed by atoms with Crippen LogP contribution < -0.4 is 0 Å². The van der Waals surface area contributed by atoms with Gasteiger partial charge in [-0.15, -0.1) is 0 Å². The molecule has 0 aromatic heterocycles. The van der Waals surface area contributed by atoms with Crippen LogP contribution in [0.4, 0.5) is 4.79 Å². The molecule has 1 heterocycles. The largest absolute Gasteiger partial charge is 0.293 e. The van der Waals surface area contributed by atoms with Gasteiger partial charge in [0.15, 0.2) is 0 Å². The summed E-state index contributed by atoms with van der Waals surface area (Å²) in [5.74, 6) is -0.170. The number of carbonyl (C=O) groups is 2. The van der Waals surface area contributed by atoms with E-state index < -0.39 is 0 Å². The third-order valence-corrected chi connectivity index (χ3v) is 3.24. The Morgan fingerprint density at radius 1 is 1.64 bits per heavy atom. The number of amides is 2. The Bertz CT molecular complexity index is 239. The molecule has 60 valence electrons. The predicted molar refractivity (Wildman–Crippen MR) is 52.5 cm³/mol. The first-order valence-electron chi connectivity index (χ1n) is 3.04. The molecule has 0 atom stereocenters. The minimum atomic E-state index is -0.170. The first-order valence-corrected chi connectivity index (χ1v) is 5.11. The van der Waals surface area contributed by atoms with Crippen LogP contribution in [-0.4, -0.2) is 22.6 Å². The fourth-order valence-corrected chi connectivity index (χ4v) is 2.15. The SMILES string of the molecule is CCN1C(=O)S/C(=C\I)C1=O. The molecule has 1 saturated heterocycles. The van der Waals surface area contributed by atoms with Crippen molar-refractivity contribution in [3.63, 3.8) is 0 Å². The molecule has 1 fully saturated rings. The Morgan fingerprint density at radius 2 is 2.27 bits per heavy atom. The maximum Gasteiger partial charge on any atom is 0.293 e. The number of nitrogens with zero attached hydrogens (tertiary/aromatic N) is 1. The third kappa shape index (κ3) is 1.58. The minimum Gasteiger partial charge on any atom is -0.269 e. The van der Waals surface area contributed by atoms with Gasteiger partial charge in [-0.05, 0) is 22.8 Å². The van der Waals surface area contributed by atoms with Gasteiger partial charge in [0.05, 0.1) is 4.91 Å². The molecule has 1 aliphatic rings. The molecule has 0 aromatic rings. The van der Waals surface area contributed by atoms with E-state index in [2.05, 4.69) is 0 Å². The van der Waals surface area contributed by atoms with E-state index in [4.69, 9.17) is 0 Å². The Hall–Kier alpha value is -0.0400. The second-order valence-electron chi connectivity index (χ2n) is 1.89. The maximum atomic E-state index is 11.2. The molecular formula is C6H6INO2S. The van der Waals surface area contributed by atoms with Crippen LogP contribution in [0.3, 0.4) is 0 Å². The summed E-state index contributed by atoms with van der Waals surface area (Å²) >= 11 is 2.96. The highest BCUT2D eigenvalue weighted by Crippen LogP contribution is 2.30. The lowest BCUT2D eigenvalue weighted by molar-refractivity contribution is -0.122. The minimum absolute atomic E-state index is 0.166. The highest BCUT2D eigenvalue weighted by atomic mass is 127. The van der Waals surface area contributed by atoms with Gasteiger partial charge in [0, 0.05) is 6.54 Å². The van der Waals surface area contributed by atoms with Crippen LogP contribution in [0.25, 0.3) is 0 Å². The number of thioether (sulfide) groups is 1. The van der Waals surface area contributed by atoms with E-state index in [9.17, 15) is 9.59 Å². The molecule has 5 heteroatoms. The van der Waals surface area contributed by atoms with Crippen molar-refractivity contribution in [2.75, 3.05) is 6.54 Å². The summed E-state index contributed by atoms with van der Waals surface area (Å²) in [5.41, 5.74) is 0. The molecule has 0 bridgehead atoms. The average Bonchev–Trinajstić information content (AvgIpc) is 2.26.